The van der Waals surface area contributed by atoms with Crippen LogP contribution in [0.2, 0.25) is 0 Å². The van der Waals surface area contributed by atoms with Gasteiger partial charge >= 0.3 is 6.03 Å². The van der Waals surface area contributed by atoms with Crippen molar-refractivity contribution in [1.82, 2.24) is 20.0 Å². The van der Waals surface area contributed by atoms with Crippen LogP contribution >= 0.6 is 0 Å². The number of nitrogens with zero attached hydrogens (tertiary/aromatic N) is 3. The van der Waals surface area contributed by atoms with Gasteiger partial charge in [0.15, 0.2) is 0 Å². The molecule has 2 N–H and O–H groups in total. The van der Waals surface area contributed by atoms with Crippen molar-refractivity contribution in [2.24, 2.45) is 5.92 Å². The van der Waals surface area contributed by atoms with Gasteiger partial charge in [-0.15, -0.1) is 0 Å². The molecule has 0 bridgehead atoms. The highest BCUT2D eigenvalue weighted by molar-refractivity contribution is 5.99. The van der Waals surface area contributed by atoms with Gasteiger partial charge in [0, 0.05) is 19.0 Å². The van der Waals surface area contributed by atoms with E-state index in [1.165, 1.54) is 4.90 Å². The molecule has 1 aliphatic heterocycles. The molecule has 126 valence electrons. The minimum Gasteiger partial charge on any atom is -0.315 e. The standard InChI is InChI=1S/C15H23N5O3/c1-10(2)8-11(3)20-12(4-6-16-20)17-14(22)9-19-7-5-13(21)18-15(19)23/h4,6,10-11H,5,7-9H2,1-3H3,(H,17,22)(H,18,21,23). The fraction of sp³-hybridized carbons (Fsp3) is 0.600. The van der Waals surface area contributed by atoms with Gasteiger partial charge in [-0.1, -0.05) is 13.8 Å². The Bertz CT molecular complexity index is 596. The zero-order valence-electron chi connectivity index (χ0n) is 13.7. The Morgan fingerprint density at radius 1 is 1.39 bits per heavy atom. The van der Waals surface area contributed by atoms with E-state index >= 15 is 0 Å². The summed E-state index contributed by atoms with van der Waals surface area (Å²) in [7, 11) is 0. The molecule has 1 atom stereocenters. The minimum atomic E-state index is -0.530. The molecule has 4 amide bonds. The molecule has 8 nitrogen and oxygen atoms in total. The normalized spacial score (nSPS) is 16.4. The molecule has 8 heteroatoms. The monoisotopic (exact) mass is 321 g/mol. The number of aromatic nitrogens is 2. The fourth-order valence-corrected chi connectivity index (χ4v) is 2.65. The van der Waals surface area contributed by atoms with Crippen molar-refractivity contribution in [3.8, 4) is 0 Å². The third-order valence-corrected chi connectivity index (χ3v) is 3.64. The molecular weight excluding hydrogens is 298 g/mol. The van der Waals surface area contributed by atoms with E-state index in [1.54, 1.807) is 16.9 Å². The maximum atomic E-state index is 12.1. The van der Waals surface area contributed by atoms with Gasteiger partial charge in [0.05, 0.1) is 12.2 Å². The molecule has 2 rings (SSSR count). The van der Waals surface area contributed by atoms with Gasteiger partial charge in [-0.3, -0.25) is 14.9 Å². The Labute approximate surface area is 135 Å². The number of hydrogen-bond donors (Lipinski definition) is 2. The molecule has 1 aromatic heterocycles. The zero-order chi connectivity index (χ0) is 17.0. The first-order chi connectivity index (χ1) is 10.9. The number of carbonyl (C=O) groups excluding carboxylic acids is 3. The Morgan fingerprint density at radius 3 is 2.78 bits per heavy atom. The predicted molar refractivity (Wildman–Crippen MR) is 84.8 cm³/mol. The molecule has 2 heterocycles. The largest absolute Gasteiger partial charge is 0.324 e. The van der Waals surface area contributed by atoms with Crippen molar-refractivity contribution >= 4 is 23.7 Å². The smallest absolute Gasteiger partial charge is 0.315 e. The molecule has 0 spiro atoms. The van der Waals surface area contributed by atoms with Gasteiger partial charge in [0.25, 0.3) is 0 Å². The van der Waals surface area contributed by atoms with Crippen molar-refractivity contribution in [1.29, 1.82) is 0 Å². The molecule has 1 unspecified atom stereocenters. The van der Waals surface area contributed by atoms with E-state index in [1.807, 2.05) is 6.92 Å². The molecule has 23 heavy (non-hydrogen) atoms. The second kappa shape index (κ2) is 7.26. The first-order valence-electron chi connectivity index (χ1n) is 7.79. The van der Waals surface area contributed by atoms with Gasteiger partial charge in [0.2, 0.25) is 11.8 Å². The highest BCUT2D eigenvalue weighted by Gasteiger charge is 2.25. The quantitative estimate of drug-likeness (QED) is 0.827. The van der Waals surface area contributed by atoms with Crippen molar-refractivity contribution in [2.45, 2.75) is 39.7 Å². The summed E-state index contributed by atoms with van der Waals surface area (Å²) < 4.78 is 1.78. The van der Waals surface area contributed by atoms with E-state index in [2.05, 4.69) is 29.6 Å². The van der Waals surface area contributed by atoms with E-state index < -0.39 is 6.03 Å². The average molecular weight is 321 g/mol. The van der Waals surface area contributed by atoms with E-state index in [9.17, 15) is 14.4 Å². The minimum absolute atomic E-state index is 0.0944. The van der Waals surface area contributed by atoms with E-state index in [0.717, 1.165) is 6.42 Å². The van der Waals surface area contributed by atoms with Crippen LogP contribution in [0.5, 0.6) is 0 Å². The summed E-state index contributed by atoms with van der Waals surface area (Å²) in [5.41, 5.74) is 0. The van der Waals surface area contributed by atoms with Crippen LogP contribution < -0.4 is 10.6 Å². The lowest BCUT2D eigenvalue weighted by Crippen LogP contribution is -2.51. The highest BCUT2D eigenvalue weighted by Crippen LogP contribution is 2.20. The summed E-state index contributed by atoms with van der Waals surface area (Å²) in [6, 6.07) is 1.36. The van der Waals surface area contributed by atoms with Gasteiger partial charge < -0.3 is 10.2 Å². The summed E-state index contributed by atoms with van der Waals surface area (Å²) in [6.45, 7) is 6.47. The van der Waals surface area contributed by atoms with Crippen LogP contribution in [0.4, 0.5) is 10.6 Å². The Hall–Kier alpha value is -2.38. The summed E-state index contributed by atoms with van der Waals surface area (Å²) in [4.78, 5) is 36.2. The average Bonchev–Trinajstić information content (AvgIpc) is 2.89. The zero-order valence-corrected chi connectivity index (χ0v) is 13.7. The number of carbonyl (C=O) groups is 3. The van der Waals surface area contributed by atoms with E-state index in [-0.39, 0.29) is 37.4 Å². The molecule has 1 aliphatic rings. The molecule has 0 aliphatic carbocycles. The number of amides is 4. The predicted octanol–water partition coefficient (Wildman–Crippen LogP) is 1.37. The van der Waals surface area contributed by atoms with E-state index in [4.69, 9.17) is 0 Å². The van der Waals surface area contributed by atoms with Crippen LogP contribution in [0.3, 0.4) is 0 Å². The molecule has 1 saturated heterocycles. The van der Waals surface area contributed by atoms with Crippen LogP contribution in [-0.4, -0.2) is 45.6 Å². The Kier molecular flexibility index (Phi) is 5.36. The third-order valence-electron chi connectivity index (χ3n) is 3.64. The van der Waals surface area contributed by atoms with Crippen LogP contribution in [0.15, 0.2) is 12.3 Å². The molecule has 0 radical (unpaired) electrons. The Balaban J connectivity index is 1.94. The van der Waals surface area contributed by atoms with Crippen molar-refractivity contribution in [3.05, 3.63) is 12.3 Å². The number of urea groups is 1. The summed E-state index contributed by atoms with van der Waals surface area (Å²) in [5.74, 6) is 0.504. The number of rotatable bonds is 6. The van der Waals surface area contributed by atoms with Gasteiger partial charge in [-0.05, 0) is 19.3 Å². The molecule has 1 aromatic rings. The lowest BCUT2D eigenvalue weighted by Gasteiger charge is -2.26. The van der Waals surface area contributed by atoms with Crippen molar-refractivity contribution in [2.75, 3.05) is 18.4 Å². The third kappa shape index (κ3) is 4.54. The fourth-order valence-electron chi connectivity index (χ4n) is 2.65. The number of anilines is 1. The Morgan fingerprint density at radius 2 is 2.13 bits per heavy atom. The number of hydrogen-bond acceptors (Lipinski definition) is 4. The summed E-state index contributed by atoms with van der Waals surface area (Å²) >= 11 is 0. The maximum absolute atomic E-state index is 12.1. The number of imide groups is 1. The molecule has 0 aromatic carbocycles. The van der Waals surface area contributed by atoms with Crippen LogP contribution in [-0.2, 0) is 9.59 Å². The van der Waals surface area contributed by atoms with Crippen molar-refractivity contribution in [3.63, 3.8) is 0 Å². The summed E-state index contributed by atoms with van der Waals surface area (Å²) in [6.07, 6.45) is 2.79. The lowest BCUT2D eigenvalue weighted by molar-refractivity contribution is -0.123. The SMILES string of the molecule is CC(C)CC(C)n1nccc1NC(=O)CN1CCC(=O)NC1=O. The first-order valence-corrected chi connectivity index (χ1v) is 7.79. The van der Waals surface area contributed by atoms with Crippen molar-refractivity contribution < 1.29 is 14.4 Å². The van der Waals surface area contributed by atoms with E-state index in [0.29, 0.717) is 11.7 Å². The molecule has 0 saturated carbocycles. The van der Waals surface area contributed by atoms with Crippen LogP contribution in [0.1, 0.15) is 39.7 Å². The second-order valence-electron chi connectivity index (χ2n) is 6.21. The van der Waals surface area contributed by atoms with Gasteiger partial charge in [-0.2, -0.15) is 5.10 Å². The molecular formula is C15H23N5O3. The van der Waals surface area contributed by atoms with Crippen LogP contribution in [0, 0.1) is 5.92 Å². The van der Waals surface area contributed by atoms with Gasteiger partial charge in [-0.25, -0.2) is 9.48 Å². The summed E-state index contributed by atoms with van der Waals surface area (Å²) in [5, 5.41) is 9.23. The first kappa shape index (κ1) is 17.0. The number of nitrogens with one attached hydrogen (secondary N) is 2. The molecule has 1 fully saturated rings. The van der Waals surface area contributed by atoms with Crippen LogP contribution in [0.25, 0.3) is 0 Å². The maximum Gasteiger partial charge on any atom is 0.324 e. The van der Waals surface area contributed by atoms with Gasteiger partial charge in [0.1, 0.15) is 12.4 Å². The highest BCUT2D eigenvalue weighted by atomic mass is 16.2. The lowest BCUT2D eigenvalue weighted by atomic mass is 10.1. The topological polar surface area (TPSA) is 96.3 Å². The second-order valence-corrected chi connectivity index (χ2v) is 6.21.